The van der Waals surface area contributed by atoms with E-state index in [0.29, 0.717) is 6.04 Å². The number of halogens is 1. The van der Waals surface area contributed by atoms with Crippen molar-refractivity contribution < 1.29 is 0 Å². The minimum Gasteiger partial charge on any atom is -0.311 e. The highest BCUT2D eigenvalue weighted by Crippen LogP contribution is 2.11. The molecule has 16 heavy (non-hydrogen) atoms. The Morgan fingerprint density at radius 3 is 2.81 bits per heavy atom. The Balaban J connectivity index is 1.91. The molecule has 0 aromatic heterocycles. The van der Waals surface area contributed by atoms with Gasteiger partial charge in [-0.1, -0.05) is 19.1 Å². The van der Waals surface area contributed by atoms with E-state index in [1.165, 1.54) is 28.6 Å². The van der Waals surface area contributed by atoms with Crippen LogP contribution in [0.4, 0.5) is 0 Å². The summed E-state index contributed by atoms with van der Waals surface area (Å²) in [5.74, 6) is 0. The lowest BCUT2D eigenvalue weighted by Gasteiger charge is -2.33. The summed E-state index contributed by atoms with van der Waals surface area (Å²) in [5, 5.41) is 3.55. The zero-order chi connectivity index (χ0) is 11.4. The summed E-state index contributed by atoms with van der Waals surface area (Å²) in [6.07, 6.45) is 1.23. The minimum absolute atomic E-state index is 0.678. The Kier molecular flexibility index (Phi) is 4.61. The van der Waals surface area contributed by atoms with Gasteiger partial charge in [0.05, 0.1) is 0 Å². The predicted octanol–water partition coefficient (Wildman–Crippen LogP) is 2.48. The number of hydrogen-bond acceptors (Lipinski definition) is 2. The van der Waals surface area contributed by atoms with Crippen LogP contribution >= 0.6 is 22.6 Å². The highest BCUT2D eigenvalue weighted by Gasteiger charge is 2.17. The van der Waals surface area contributed by atoms with Crippen LogP contribution in [0.2, 0.25) is 0 Å². The number of piperazine rings is 1. The fourth-order valence-electron chi connectivity index (χ4n) is 2.16. The topological polar surface area (TPSA) is 15.3 Å². The van der Waals surface area contributed by atoms with Gasteiger partial charge in [0.1, 0.15) is 0 Å². The van der Waals surface area contributed by atoms with Gasteiger partial charge in [-0.25, -0.2) is 0 Å². The summed E-state index contributed by atoms with van der Waals surface area (Å²) in [6.45, 7) is 6.83. The van der Waals surface area contributed by atoms with Crippen molar-refractivity contribution in [3.8, 4) is 0 Å². The van der Waals surface area contributed by atoms with Crippen LogP contribution in [0.1, 0.15) is 18.9 Å². The molecule has 1 heterocycles. The first kappa shape index (κ1) is 12.3. The summed E-state index contributed by atoms with van der Waals surface area (Å²) >= 11 is 2.35. The molecule has 1 aromatic rings. The Morgan fingerprint density at radius 1 is 1.38 bits per heavy atom. The molecular weight excluding hydrogens is 311 g/mol. The first-order valence-corrected chi connectivity index (χ1v) is 7.06. The van der Waals surface area contributed by atoms with Gasteiger partial charge in [-0.2, -0.15) is 0 Å². The van der Waals surface area contributed by atoms with Crippen LogP contribution in [0.5, 0.6) is 0 Å². The number of nitrogens with one attached hydrogen (secondary N) is 1. The van der Waals surface area contributed by atoms with Crippen molar-refractivity contribution in [2.75, 3.05) is 19.6 Å². The van der Waals surface area contributed by atoms with Crippen molar-refractivity contribution in [1.29, 1.82) is 0 Å². The summed E-state index contributed by atoms with van der Waals surface area (Å²) in [5.41, 5.74) is 1.43. The zero-order valence-electron chi connectivity index (χ0n) is 9.75. The molecule has 0 amide bonds. The lowest BCUT2D eigenvalue weighted by atomic mass is 10.1. The Morgan fingerprint density at radius 2 is 2.12 bits per heavy atom. The van der Waals surface area contributed by atoms with E-state index in [2.05, 4.69) is 64.0 Å². The van der Waals surface area contributed by atoms with Gasteiger partial charge in [0, 0.05) is 35.8 Å². The molecule has 0 bridgehead atoms. The van der Waals surface area contributed by atoms with Gasteiger partial charge in [0.2, 0.25) is 0 Å². The second kappa shape index (κ2) is 5.98. The van der Waals surface area contributed by atoms with Crippen molar-refractivity contribution in [3.63, 3.8) is 0 Å². The molecule has 2 rings (SSSR count). The molecular formula is C13H19IN2. The van der Waals surface area contributed by atoms with Gasteiger partial charge in [-0.3, -0.25) is 4.90 Å². The van der Waals surface area contributed by atoms with Gasteiger partial charge < -0.3 is 5.32 Å². The molecule has 1 aliphatic heterocycles. The van der Waals surface area contributed by atoms with Crippen LogP contribution in [0, 0.1) is 3.57 Å². The second-order valence-electron chi connectivity index (χ2n) is 4.42. The van der Waals surface area contributed by atoms with Crippen molar-refractivity contribution in [3.05, 3.63) is 33.4 Å². The SMILES string of the molecule is CCC1CN(Cc2ccc(I)cc2)CCN1. The maximum atomic E-state index is 3.55. The molecule has 1 N–H and O–H groups in total. The van der Waals surface area contributed by atoms with Crippen LogP contribution in [0.15, 0.2) is 24.3 Å². The van der Waals surface area contributed by atoms with E-state index in [4.69, 9.17) is 0 Å². The number of nitrogens with zero attached hydrogens (tertiary/aromatic N) is 1. The molecule has 1 saturated heterocycles. The van der Waals surface area contributed by atoms with E-state index >= 15 is 0 Å². The van der Waals surface area contributed by atoms with Crippen molar-refractivity contribution in [2.24, 2.45) is 0 Å². The third-order valence-corrected chi connectivity index (χ3v) is 3.87. The molecule has 3 heteroatoms. The van der Waals surface area contributed by atoms with Crippen LogP contribution in [0.25, 0.3) is 0 Å². The third-order valence-electron chi connectivity index (χ3n) is 3.15. The van der Waals surface area contributed by atoms with Crippen LogP contribution in [0.3, 0.4) is 0 Å². The zero-order valence-corrected chi connectivity index (χ0v) is 11.9. The Labute approximate surface area is 112 Å². The van der Waals surface area contributed by atoms with Gasteiger partial charge in [0.15, 0.2) is 0 Å². The fourth-order valence-corrected chi connectivity index (χ4v) is 2.52. The van der Waals surface area contributed by atoms with Crippen molar-refractivity contribution >= 4 is 22.6 Å². The number of benzene rings is 1. The normalized spacial score (nSPS) is 22.2. The molecule has 1 aromatic carbocycles. The summed E-state index contributed by atoms with van der Waals surface area (Å²) in [4.78, 5) is 2.55. The molecule has 0 radical (unpaired) electrons. The van der Waals surface area contributed by atoms with E-state index < -0.39 is 0 Å². The summed E-state index contributed by atoms with van der Waals surface area (Å²) < 4.78 is 1.31. The van der Waals surface area contributed by atoms with Gasteiger partial charge >= 0.3 is 0 Å². The maximum absolute atomic E-state index is 3.55. The molecule has 1 aliphatic rings. The average Bonchev–Trinajstić information content (AvgIpc) is 2.32. The van der Waals surface area contributed by atoms with E-state index in [1.807, 2.05) is 0 Å². The van der Waals surface area contributed by atoms with Crippen molar-refractivity contribution in [1.82, 2.24) is 10.2 Å². The maximum Gasteiger partial charge on any atom is 0.0234 e. The van der Waals surface area contributed by atoms with E-state index in [1.54, 1.807) is 0 Å². The molecule has 2 nitrogen and oxygen atoms in total. The van der Waals surface area contributed by atoms with Gasteiger partial charge in [-0.15, -0.1) is 0 Å². The molecule has 1 atom stereocenters. The predicted molar refractivity (Wildman–Crippen MR) is 76.5 cm³/mol. The van der Waals surface area contributed by atoms with Crippen LogP contribution in [-0.2, 0) is 6.54 Å². The summed E-state index contributed by atoms with van der Waals surface area (Å²) in [6, 6.07) is 9.54. The second-order valence-corrected chi connectivity index (χ2v) is 5.67. The smallest absolute Gasteiger partial charge is 0.0234 e. The molecule has 0 aliphatic carbocycles. The molecule has 0 spiro atoms. The monoisotopic (exact) mass is 330 g/mol. The first-order valence-electron chi connectivity index (χ1n) is 5.98. The first-order chi connectivity index (χ1) is 7.78. The Bertz CT molecular complexity index is 323. The van der Waals surface area contributed by atoms with Crippen molar-refractivity contribution in [2.45, 2.75) is 25.9 Å². The van der Waals surface area contributed by atoms with Gasteiger partial charge in [0.25, 0.3) is 0 Å². The lowest BCUT2D eigenvalue weighted by molar-refractivity contribution is 0.190. The summed E-state index contributed by atoms with van der Waals surface area (Å²) in [7, 11) is 0. The van der Waals surface area contributed by atoms with Gasteiger partial charge in [-0.05, 0) is 46.7 Å². The third kappa shape index (κ3) is 3.43. The molecule has 0 saturated carbocycles. The highest BCUT2D eigenvalue weighted by atomic mass is 127. The molecule has 1 unspecified atom stereocenters. The quantitative estimate of drug-likeness (QED) is 0.857. The highest BCUT2D eigenvalue weighted by molar-refractivity contribution is 14.1. The molecule has 88 valence electrons. The minimum atomic E-state index is 0.678. The fraction of sp³-hybridized carbons (Fsp3) is 0.538. The number of rotatable bonds is 3. The standard InChI is InChI=1S/C13H19IN2/c1-2-13-10-16(8-7-15-13)9-11-3-5-12(14)6-4-11/h3-6,13,15H,2,7-10H2,1H3. The molecule has 1 fully saturated rings. The Hall–Kier alpha value is -0.130. The number of hydrogen-bond donors (Lipinski definition) is 1. The van der Waals surface area contributed by atoms with E-state index in [9.17, 15) is 0 Å². The van der Waals surface area contributed by atoms with E-state index in [0.717, 1.165) is 13.1 Å². The van der Waals surface area contributed by atoms with Crippen LogP contribution in [-0.4, -0.2) is 30.6 Å². The largest absolute Gasteiger partial charge is 0.311 e. The lowest BCUT2D eigenvalue weighted by Crippen LogP contribution is -2.49. The average molecular weight is 330 g/mol. The van der Waals surface area contributed by atoms with E-state index in [-0.39, 0.29) is 0 Å². The van der Waals surface area contributed by atoms with Crippen LogP contribution < -0.4 is 5.32 Å².